The van der Waals surface area contributed by atoms with Crippen LogP contribution in [0, 0.1) is 0 Å². The van der Waals surface area contributed by atoms with Gasteiger partial charge in [-0.15, -0.1) is 0 Å². The maximum Gasteiger partial charge on any atom is 0.306 e. The molecule has 0 aliphatic heterocycles. The molecule has 0 N–H and O–H groups in total. The number of allylic oxidation sites excluding steroid dienone is 12. The third kappa shape index (κ3) is 67.6. The molecule has 1 atom stereocenters. The molecule has 0 aromatic carbocycles. The van der Waals surface area contributed by atoms with E-state index in [0.29, 0.717) is 19.3 Å². The van der Waals surface area contributed by atoms with Crippen LogP contribution < -0.4 is 0 Å². The Morgan fingerprint density at radius 2 is 0.439 bits per heavy atom. The van der Waals surface area contributed by atoms with Crippen molar-refractivity contribution < 1.29 is 28.6 Å². The summed E-state index contributed by atoms with van der Waals surface area (Å²) in [6.07, 6.45) is 92.1. The topological polar surface area (TPSA) is 78.9 Å². The fourth-order valence-electron chi connectivity index (χ4n) is 10.5. The predicted octanol–water partition coefficient (Wildman–Crippen LogP) is 24.8. The number of hydrogen-bond acceptors (Lipinski definition) is 6. The van der Waals surface area contributed by atoms with Crippen molar-refractivity contribution >= 4 is 17.9 Å². The highest BCUT2D eigenvalue weighted by Crippen LogP contribution is 2.18. The van der Waals surface area contributed by atoms with Gasteiger partial charge in [-0.05, 0) is 96.3 Å². The number of carbonyl (C=O) groups is 3. The van der Waals surface area contributed by atoms with E-state index in [4.69, 9.17) is 14.2 Å². The van der Waals surface area contributed by atoms with Gasteiger partial charge in [0.15, 0.2) is 6.10 Å². The van der Waals surface area contributed by atoms with Gasteiger partial charge in [-0.1, -0.05) is 331 Å². The molecule has 0 rings (SSSR count). The Bertz CT molecular complexity index is 1500. The van der Waals surface area contributed by atoms with E-state index < -0.39 is 6.10 Å². The molecule has 0 spiro atoms. The highest BCUT2D eigenvalue weighted by atomic mass is 16.6. The lowest BCUT2D eigenvalue weighted by atomic mass is 10.0. The van der Waals surface area contributed by atoms with Gasteiger partial charge in [-0.2, -0.15) is 0 Å². The average Bonchev–Trinajstić information content (AvgIpc) is 3.47. The van der Waals surface area contributed by atoms with E-state index in [2.05, 4.69) is 93.7 Å². The minimum atomic E-state index is -0.779. The van der Waals surface area contributed by atoms with E-state index in [1.54, 1.807) is 0 Å². The molecule has 0 aromatic heterocycles. The lowest BCUT2D eigenvalue weighted by molar-refractivity contribution is -0.167. The van der Waals surface area contributed by atoms with Crippen molar-refractivity contribution in [3.05, 3.63) is 72.9 Å². The van der Waals surface area contributed by atoms with E-state index in [9.17, 15) is 14.4 Å². The van der Waals surface area contributed by atoms with Crippen molar-refractivity contribution in [2.75, 3.05) is 13.2 Å². The first kappa shape index (κ1) is 78.8. The van der Waals surface area contributed by atoms with Crippen LogP contribution in [0.1, 0.15) is 374 Å². The summed E-state index contributed by atoms with van der Waals surface area (Å²) in [5, 5.41) is 0. The summed E-state index contributed by atoms with van der Waals surface area (Å²) < 4.78 is 17.0. The number of esters is 3. The number of unbranched alkanes of at least 4 members (excludes halogenated alkanes) is 43. The van der Waals surface area contributed by atoms with Gasteiger partial charge in [-0.3, -0.25) is 14.4 Å². The summed E-state index contributed by atoms with van der Waals surface area (Å²) in [5.74, 6) is -0.862. The van der Waals surface area contributed by atoms with Crippen LogP contribution >= 0.6 is 0 Å². The van der Waals surface area contributed by atoms with Gasteiger partial charge in [0.1, 0.15) is 13.2 Å². The number of hydrogen-bond donors (Lipinski definition) is 0. The molecule has 0 bridgehead atoms. The minimum Gasteiger partial charge on any atom is -0.462 e. The summed E-state index contributed by atoms with van der Waals surface area (Å²) in [6.45, 7) is 6.66. The predicted molar refractivity (Wildman–Crippen MR) is 358 cm³/mol. The van der Waals surface area contributed by atoms with Gasteiger partial charge in [0.2, 0.25) is 0 Å². The Morgan fingerprint density at radius 1 is 0.244 bits per heavy atom. The van der Waals surface area contributed by atoms with Crippen molar-refractivity contribution in [2.45, 2.75) is 380 Å². The molecule has 0 aromatic rings. The van der Waals surface area contributed by atoms with E-state index >= 15 is 0 Å². The highest BCUT2D eigenvalue weighted by molar-refractivity contribution is 5.71. The fourth-order valence-corrected chi connectivity index (χ4v) is 10.5. The van der Waals surface area contributed by atoms with Crippen LogP contribution in [0.3, 0.4) is 0 Å². The number of carbonyl (C=O) groups excluding carboxylic acids is 3. The molecule has 1 unspecified atom stereocenters. The molecule has 0 aliphatic rings. The number of rotatable bonds is 66. The molecule has 6 nitrogen and oxygen atoms in total. The smallest absolute Gasteiger partial charge is 0.306 e. The average molecular weight is 1150 g/mol. The van der Waals surface area contributed by atoms with E-state index in [1.807, 2.05) is 0 Å². The molecule has 0 heterocycles. The summed E-state index contributed by atoms with van der Waals surface area (Å²) in [6, 6.07) is 0. The summed E-state index contributed by atoms with van der Waals surface area (Å²) in [4.78, 5) is 38.4. The van der Waals surface area contributed by atoms with Gasteiger partial charge in [0.25, 0.3) is 0 Å². The largest absolute Gasteiger partial charge is 0.462 e. The van der Waals surface area contributed by atoms with Crippen LogP contribution in [-0.4, -0.2) is 37.2 Å². The highest BCUT2D eigenvalue weighted by Gasteiger charge is 2.19. The molecular formula is C76H136O6. The molecule has 0 aliphatic carbocycles. The quantitative estimate of drug-likeness (QED) is 0.0261. The van der Waals surface area contributed by atoms with Crippen molar-refractivity contribution in [2.24, 2.45) is 0 Å². The maximum absolute atomic E-state index is 12.9. The number of ether oxygens (including phenoxy) is 3. The molecule has 0 radical (unpaired) electrons. The Morgan fingerprint density at radius 3 is 0.683 bits per heavy atom. The normalized spacial score (nSPS) is 12.5. The van der Waals surface area contributed by atoms with E-state index in [-0.39, 0.29) is 31.1 Å². The van der Waals surface area contributed by atoms with Gasteiger partial charge in [-0.25, -0.2) is 0 Å². The first-order chi connectivity index (χ1) is 40.5. The molecule has 476 valence electrons. The van der Waals surface area contributed by atoms with Crippen molar-refractivity contribution in [1.82, 2.24) is 0 Å². The third-order valence-electron chi connectivity index (χ3n) is 15.9. The Hall–Kier alpha value is -3.15. The summed E-state index contributed by atoms with van der Waals surface area (Å²) in [7, 11) is 0. The van der Waals surface area contributed by atoms with E-state index in [0.717, 1.165) is 89.9 Å². The zero-order chi connectivity index (χ0) is 59.2. The molecule has 0 saturated heterocycles. The zero-order valence-corrected chi connectivity index (χ0v) is 54.8. The van der Waals surface area contributed by atoms with Crippen LogP contribution in [0.2, 0.25) is 0 Å². The van der Waals surface area contributed by atoms with E-state index in [1.165, 1.54) is 244 Å². The summed E-state index contributed by atoms with van der Waals surface area (Å²) in [5.41, 5.74) is 0. The first-order valence-electron chi connectivity index (χ1n) is 35.9. The SMILES string of the molecule is CCCCCCC/C=C\C/C=C\C/C=C\CCCCCCCCCCCCCCCCC(=O)OCC(COC(=O)CCCCCCCCCCCCCC)OC(=O)CCCCCCCCCC/C=C\C/C=C\C/C=C\CCCCCCC. The van der Waals surface area contributed by atoms with Gasteiger partial charge in [0.05, 0.1) is 0 Å². The Kier molecular flexibility index (Phi) is 67.6. The lowest BCUT2D eigenvalue weighted by Gasteiger charge is -2.18. The van der Waals surface area contributed by atoms with Crippen molar-refractivity contribution in [3.8, 4) is 0 Å². The van der Waals surface area contributed by atoms with Gasteiger partial charge >= 0.3 is 17.9 Å². The molecule has 82 heavy (non-hydrogen) atoms. The van der Waals surface area contributed by atoms with Crippen molar-refractivity contribution in [1.29, 1.82) is 0 Å². The van der Waals surface area contributed by atoms with Crippen LogP contribution in [0.4, 0.5) is 0 Å². The standard InChI is InChI=1S/C76H136O6/c1-4-7-10-13-16-19-22-25-27-29-31-33-35-36-37-38-39-40-42-43-45-47-49-51-54-57-60-63-66-69-75(78)81-72-73(71-80-74(77)68-65-62-59-56-53-24-21-18-15-12-9-6-3)82-76(79)70-67-64-61-58-55-52-50-48-46-44-41-34-32-30-28-26-23-20-17-14-11-8-5-2/h22-23,25-26,29-32,35-36,41,44,73H,4-21,24,27-28,33-34,37-40,42-43,45-72H2,1-3H3/b25-22-,26-23-,31-29-,32-30-,36-35-,44-41-. The monoisotopic (exact) mass is 1150 g/mol. The van der Waals surface area contributed by atoms with Crippen LogP contribution in [-0.2, 0) is 28.6 Å². The second-order valence-electron chi connectivity index (χ2n) is 24.1. The van der Waals surface area contributed by atoms with Gasteiger partial charge < -0.3 is 14.2 Å². The third-order valence-corrected chi connectivity index (χ3v) is 15.9. The summed E-state index contributed by atoms with van der Waals surface area (Å²) >= 11 is 0. The van der Waals surface area contributed by atoms with Crippen molar-refractivity contribution in [3.63, 3.8) is 0 Å². The second-order valence-corrected chi connectivity index (χ2v) is 24.1. The molecule has 6 heteroatoms. The first-order valence-corrected chi connectivity index (χ1v) is 35.9. The Balaban J connectivity index is 4.24. The molecule has 0 saturated carbocycles. The molecule has 0 fully saturated rings. The fraction of sp³-hybridized carbons (Fsp3) is 0.803. The second kappa shape index (κ2) is 70.3. The molecular weight excluding hydrogens is 1010 g/mol. The van der Waals surface area contributed by atoms with Crippen LogP contribution in [0.15, 0.2) is 72.9 Å². The minimum absolute atomic E-state index is 0.0744. The molecule has 0 amide bonds. The zero-order valence-electron chi connectivity index (χ0n) is 54.8. The lowest BCUT2D eigenvalue weighted by Crippen LogP contribution is -2.30. The van der Waals surface area contributed by atoms with Crippen LogP contribution in [0.25, 0.3) is 0 Å². The van der Waals surface area contributed by atoms with Crippen LogP contribution in [0.5, 0.6) is 0 Å². The van der Waals surface area contributed by atoms with Gasteiger partial charge in [0, 0.05) is 19.3 Å². The Labute approximate surface area is 510 Å². The maximum atomic E-state index is 12.9.